The van der Waals surface area contributed by atoms with Gasteiger partial charge in [0.1, 0.15) is 11.8 Å². The van der Waals surface area contributed by atoms with E-state index < -0.39 is 0 Å². The Morgan fingerprint density at radius 1 is 1.47 bits per heavy atom. The summed E-state index contributed by atoms with van der Waals surface area (Å²) in [7, 11) is 0. The van der Waals surface area contributed by atoms with Crippen LogP contribution in [0.4, 0.5) is 0 Å². The molecule has 1 aliphatic rings. The summed E-state index contributed by atoms with van der Waals surface area (Å²) in [6, 6.07) is 0. The summed E-state index contributed by atoms with van der Waals surface area (Å²) < 4.78 is 5.02. The third kappa shape index (κ3) is 2.64. The SMILES string of the molecule is O=C1COCCN1Cc1cnc(Cl)cn1. The van der Waals surface area contributed by atoms with E-state index in [1.165, 1.54) is 6.20 Å². The molecule has 0 aromatic carbocycles. The maximum Gasteiger partial charge on any atom is 0.249 e. The fourth-order valence-electron chi connectivity index (χ4n) is 1.33. The Balaban J connectivity index is 2.01. The molecule has 0 atom stereocenters. The van der Waals surface area contributed by atoms with E-state index in [0.29, 0.717) is 24.8 Å². The van der Waals surface area contributed by atoms with Gasteiger partial charge in [0.15, 0.2) is 0 Å². The topological polar surface area (TPSA) is 55.3 Å². The van der Waals surface area contributed by atoms with Crippen molar-refractivity contribution in [1.82, 2.24) is 14.9 Å². The molecule has 1 aromatic rings. The van der Waals surface area contributed by atoms with Crippen LogP contribution in [-0.4, -0.2) is 40.5 Å². The van der Waals surface area contributed by atoms with Crippen LogP contribution in [0.15, 0.2) is 12.4 Å². The van der Waals surface area contributed by atoms with Gasteiger partial charge >= 0.3 is 0 Å². The molecule has 1 aliphatic heterocycles. The van der Waals surface area contributed by atoms with E-state index in [0.717, 1.165) is 5.69 Å². The van der Waals surface area contributed by atoms with Crippen LogP contribution in [-0.2, 0) is 16.1 Å². The highest BCUT2D eigenvalue weighted by Crippen LogP contribution is 2.06. The van der Waals surface area contributed by atoms with Gasteiger partial charge in [0.05, 0.1) is 31.2 Å². The van der Waals surface area contributed by atoms with Crippen molar-refractivity contribution in [2.24, 2.45) is 0 Å². The van der Waals surface area contributed by atoms with E-state index in [4.69, 9.17) is 16.3 Å². The van der Waals surface area contributed by atoms with E-state index in [1.807, 2.05) is 0 Å². The summed E-state index contributed by atoms with van der Waals surface area (Å²) >= 11 is 5.61. The van der Waals surface area contributed by atoms with Crippen LogP contribution in [0.25, 0.3) is 0 Å². The highest BCUT2D eigenvalue weighted by Gasteiger charge is 2.18. The number of rotatable bonds is 2. The first-order valence-corrected chi connectivity index (χ1v) is 4.95. The molecule has 5 nitrogen and oxygen atoms in total. The van der Waals surface area contributed by atoms with Gasteiger partial charge in [-0.15, -0.1) is 0 Å². The smallest absolute Gasteiger partial charge is 0.249 e. The molecule has 2 rings (SSSR count). The van der Waals surface area contributed by atoms with Crippen molar-refractivity contribution in [3.8, 4) is 0 Å². The van der Waals surface area contributed by atoms with Gasteiger partial charge in [-0.25, -0.2) is 4.98 Å². The molecule has 0 unspecified atom stereocenters. The van der Waals surface area contributed by atoms with Gasteiger partial charge < -0.3 is 9.64 Å². The Labute approximate surface area is 92.0 Å². The summed E-state index contributed by atoms with van der Waals surface area (Å²) in [6.07, 6.45) is 3.05. The standard InChI is InChI=1S/C9H10ClN3O2/c10-8-4-11-7(3-12-8)5-13-1-2-15-6-9(13)14/h3-4H,1-2,5-6H2. The average Bonchev–Trinajstić information content (AvgIpc) is 2.25. The van der Waals surface area contributed by atoms with E-state index in [1.54, 1.807) is 11.1 Å². The maximum atomic E-state index is 11.4. The van der Waals surface area contributed by atoms with Crippen LogP contribution in [0, 0.1) is 0 Å². The predicted molar refractivity (Wildman–Crippen MR) is 53.3 cm³/mol. The zero-order valence-electron chi connectivity index (χ0n) is 8.02. The van der Waals surface area contributed by atoms with E-state index in [-0.39, 0.29) is 12.5 Å². The Bertz CT molecular complexity index is 355. The highest BCUT2D eigenvalue weighted by molar-refractivity contribution is 6.29. The Morgan fingerprint density at radius 2 is 2.33 bits per heavy atom. The Hall–Kier alpha value is -1.20. The number of carbonyl (C=O) groups excluding carboxylic acids is 1. The molecule has 0 saturated carbocycles. The number of morpholine rings is 1. The second-order valence-corrected chi connectivity index (χ2v) is 3.59. The first-order chi connectivity index (χ1) is 7.25. The maximum absolute atomic E-state index is 11.4. The minimum absolute atomic E-state index is 0.0157. The highest BCUT2D eigenvalue weighted by atomic mass is 35.5. The molecule has 0 aliphatic carbocycles. The molecular formula is C9H10ClN3O2. The van der Waals surface area contributed by atoms with Crippen molar-refractivity contribution in [2.45, 2.75) is 6.54 Å². The van der Waals surface area contributed by atoms with Crippen LogP contribution >= 0.6 is 11.6 Å². The van der Waals surface area contributed by atoms with Gasteiger partial charge in [0.25, 0.3) is 0 Å². The molecule has 15 heavy (non-hydrogen) atoms. The van der Waals surface area contributed by atoms with E-state index in [9.17, 15) is 4.79 Å². The number of amides is 1. The summed E-state index contributed by atoms with van der Waals surface area (Å²) in [5.74, 6) is -0.0157. The van der Waals surface area contributed by atoms with E-state index >= 15 is 0 Å². The van der Waals surface area contributed by atoms with Crippen LogP contribution in [0.2, 0.25) is 5.15 Å². The van der Waals surface area contributed by atoms with Gasteiger partial charge in [-0.2, -0.15) is 0 Å². The second kappa shape index (κ2) is 4.55. The van der Waals surface area contributed by atoms with Crippen LogP contribution in [0.3, 0.4) is 0 Å². The van der Waals surface area contributed by atoms with Gasteiger partial charge in [0, 0.05) is 6.54 Å². The van der Waals surface area contributed by atoms with Crippen molar-refractivity contribution in [2.75, 3.05) is 19.8 Å². The molecule has 1 amide bonds. The lowest BCUT2D eigenvalue weighted by Crippen LogP contribution is -2.41. The molecular weight excluding hydrogens is 218 g/mol. The van der Waals surface area contributed by atoms with Gasteiger partial charge in [-0.3, -0.25) is 9.78 Å². The molecule has 6 heteroatoms. The zero-order chi connectivity index (χ0) is 10.7. The average molecular weight is 228 g/mol. The van der Waals surface area contributed by atoms with Crippen molar-refractivity contribution in [3.05, 3.63) is 23.2 Å². The normalized spacial score (nSPS) is 16.9. The molecule has 2 heterocycles. The summed E-state index contributed by atoms with van der Waals surface area (Å²) in [5.41, 5.74) is 0.731. The van der Waals surface area contributed by atoms with Gasteiger partial charge in [-0.1, -0.05) is 11.6 Å². The first kappa shape index (κ1) is 10.3. The molecule has 1 fully saturated rings. The molecule has 0 radical (unpaired) electrons. The summed E-state index contributed by atoms with van der Waals surface area (Å²) in [6.45, 7) is 1.79. The van der Waals surface area contributed by atoms with E-state index in [2.05, 4.69) is 9.97 Å². The van der Waals surface area contributed by atoms with Crippen molar-refractivity contribution in [3.63, 3.8) is 0 Å². The van der Waals surface area contributed by atoms with Crippen molar-refractivity contribution < 1.29 is 9.53 Å². The van der Waals surface area contributed by atoms with Crippen molar-refractivity contribution >= 4 is 17.5 Å². The van der Waals surface area contributed by atoms with Crippen LogP contribution in [0.1, 0.15) is 5.69 Å². The largest absolute Gasteiger partial charge is 0.370 e. The van der Waals surface area contributed by atoms with Crippen LogP contribution < -0.4 is 0 Å². The molecule has 0 spiro atoms. The number of carbonyl (C=O) groups is 1. The van der Waals surface area contributed by atoms with Crippen LogP contribution in [0.5, 0.6) is 0 Å². The molecule has 1 saturated heterocycles. The molecule has 1 aromatic heterocycles. The Morgan fingerprint density at radius 3 is 3.00 bits per heavy atom. The summed E-state index contributed by atoms with van der Waals surface area (Å²) in [5, 5.41) is 0.354. The fourth-order valence-corrected chi connectivity index (χ4v) is 1.43. The molecule has 80 valence electrons. The monoisotopic (exact) mass is 227 g/mol. The minimum atomic E-state index is -0.0157. The lowest BCUT2D eigenvalue weighted by molar-refractivity contribution is -0.143. The first-order valence-electron chi connectivity index (χ1n) is 4.57. The fraction of sp³-hybridized carbons (Fsp3) is 0.444. The predicted octanol–water partition coefficient (Wildman–Crippen LogP) is 0.489. The number of halogens is 1. The number of aromatic nitrogens is 2. The lowest BCUT2D eigenvalue weighted by atomic mass is 10.3. The quantitative estimate of drug-likeness (QED) is 0.738. The molecule has 0 bridgehead atoms. The number of hydrogen-bond acceptors (Lipinski definition) is 4. The Kier molecular flexibility index (Phi) is 3.13. The number of nitrogens with zero attached hydrogens (tertiary/aromatic N) is 3. The second-order valence-electron chi connectivity index (χ2n) is 3.20. The third-order valence-corrected chi connectivity index (χ3v) is 2.31. The van der Waals surface area contributed by atoms with Crippen molar-refractivity contribution in [1.29, 1.82) is 0 Å². The number of hydrogen-bond donors (Lipinski definition) is 0. The third-order valence-electron chi connectivity index (χ3n) is 2.11. The lowest BCUT2D eigenvalue weighted by Gasteiger charge is -2.26. The minimum Gasteiger partial charge on any atom is -0.370 e. The van der Waals surface area contributed by atoms with Gasteiger partial charge in [-0.05, 0) is 0 Å². The zero-order valence-corrected chi connectivity index (χ0v) is 8.78. The summed E-state index contributed by atoms with van der Waals surface area (Å²) in [4.78, 5) is 21.1. The number of ether oxygens (including phenoxy) is 1. The molecule has 0 N–H and O–H groups in total. The van der Waals surface area contributed by atoms with Gasteiger partial charge in [0.2, 0.25) is 5.91 Å².